The zero-order valence-corrected chi connectivity index (χ0v) is 20.9. The van der Waals surface area contributed by atoms with Crippen LogP contribution in [0.5, 0.6) is 0 Å². The van der Waals surface area contributed by atoms with Gasteiger partial charge in [0, 0.05) is 30.0 Å². The number of anilines is 1. The van der Waals surface area contributed by atoms with E-state index in [1.807, 2.05) is 42.5 Å². The van der Waals surface area contributed by atoms with Gasteiger partial charge in [-0.3, -0.25) is 15.1 Å². The van der Waals surface area contributed by atoms with Crippen molar-refractivity contribution in [3.63, 3.8) is 0 Å². The minimum atomic E-state index is -0.671. The van der Waals surface area contributed by atoms with E-state index >= 15 is 0 Å². The van der Waals surface area contributed by atoms with Crippen molar-refractivity contribution in [3.05, 3.63) is 89.8 Å². The van der Waals surface area contributed by atoms with Crippen molar-refractivity contribution in [2.24, 2.45) is 0 Å². The molecule has 2 aromatic carbocycles. The number of carbonyl (C=O) groups is 2. The molecule has 1 aromatic heterocycles. The maximum atomic E-state index is 12.5. The van der Waals surface area contributed by atoms with Crippen LogP contribution in [0.25, 0.3) is 6.08 Å². The Morgan fingerprint density at radius 3 is 2.49 bits per heavy atom. The highest BCUT2D eigenvalue weighted by Gasteiger charge is 2.19. The molecule has 0 unspecified atom stereocenters. The number of carbonyl (C=O) groups excluding carboxylic acids is 2. The fraction of sp³-hybridized carbons (Fsp3) is 0.185. The van der Waals surface area contributed by atoms with Gasteiger partial charge in [0.25, 0.3) is 5.91 Å². The van der Waals surface area contributed by atoms with Crippen molar-refractivity contribution in [3.8, 4) is 0 Å². The molecule has 0 aliphatic heterocycles. The number of nitrogens with one attached hydrogen (secondary N) is 3. The van der Waals surface area contributed by atoms with Crippen LogP contribution in [0, 0.1) is 5.41 Å². The first-order chi connectivity index (χ1) is 16.7. The van der Waals surface area contributed by atoms with E-state index in [9.17, 15) is 9.59 Å². The van der Waals surface area contributed by atoms with Crippen molar-refractivity contribution in [2.75, 3.05) is 12.4 Å². The van der Waals surface area contributed by atoms with Gasteiger partial charge in [0.1, 0.15) is 5.60 Å². The number of hydrogen-bond acceptors (Lipinski definition) is 6. The molecule has 0 aliphatic rings. The molecule has 0 aliphatic carbocycles. The van der Waals surface area contributed by atoms with Crippen LogP contribution in [-0.4, -0.2) is 35.3 Å². The Morgan fingerprint density at radius 2 is 1.80 bits per heavy atom. The largest absolute Gasteiger partial charge is 0.444 e. The van der Waals surface area contributed by atoms with Crippen molar-refractivity contribution in [2.45, 2.75) is 36.2 Å². The molecule has 0 radical (unpaired) electrons. The Balaban J connectivity index is 0.00000456. The highest BCUT2D eigenvalue weighted by atomic mass is 32.2. The average molecular weight is 491 g/mol. The zero-order chi connectivity index (χ0) is 25.4. The first-order valence-corrected chi connectivity index (χ1v) is 11.8. The van der Waals surface area contributed by atoms with E-state index in [1.54, 1.807) is 64.4 Å². The Morgan fingerprint density at radius 1 is 1.06 bits per heavy atom. The number of benzene rings is 2. The summed E-state index contributed by atoms with van der Waals surface area (Å²) < 4.78 is 5.42. The summed E-state index contributed by atoms with van der Waals surface area (Å²) in [6.07, 6.45) is 4.43. The average Bonchev–Trinajstić information content (AvgIpc) is 2.82. The molecule has 0 spiro atoms. The minimum absolute atomic E-state index is 0. The highest BCUT2D eigenvalue weighted by Crippen LogP contribution is 2.33. The molecule has 0 fully saturated rings. The predicted molar refractivity (Wildman–Crippen MR) is 142 cm³/mol. The SMILES string of the molecule is CNC(=O)c1ccccc1Sc1ccc(C(=N)/C=C/c2ccccn2)c(NC(=O)OC(C)(C)C)c1.[HH]. The zero-order valence-electron chi connectivity index (χ0n) is 20.1. The van der Waals surface area contributed by atoms with E-state index in [0.29, 0.717) is 16.8 Å². The maximum absolute atomic E-state index is 12.5. The minimum Gasteiger partial charge on any atom is -0.444 e. The van der Waals surface area contributed by atoms with Gasteiger partial charge < -0.3 is 15.5 Å². The summed E-state index contributed by atoms with van der Waals surface area (Å²) in [7, 11) is 1.59. The van der Waals surface area contributed by atoms with Crippen LogP contribution in [0.3, 0.4) is 0 Å². The van der Waals surface area contributed by atoms with E-state index in [0.717, 1.165) is 15.5 Å². The smallest absolute Gasteiger partial charge is 0.412 e. The third kappa shape index (κ3) is 7.55. The van der Waals surface area contributed by atoms with Gasteiger partial charge in [-0.15, -0.1) is 0 Å². The summed E-state index contributed by atoms with van der Waals surface area (Å²) in [5.74, 6) is -0.182. The third-order valence-electron chi connectivity index (χ3n) is 4.61. The lowest BCUT2D eigenvalue weighted by Crippen LogP contribution is -2.27. The lowest BCUT2D eigenvalue weighted by atomic mass is 10.1. The fourth-order valence-electron chi connectivity index (χ4n) is 3.08. The quantitative estimate of drug-likeness (QED) is 0.339. The van der Waals surface area contributed by atoms with E-state index in [2.05, 4.69) is 15.6 Å². The summed E-state index contributed by atoms with van der Waals surface area (Å²) in [5, 5.41) is 14.0. The van der Waals surface area contributed by atoms with Crippen LogP contribution in [0.4, 0.5) is 10.5 Å². The fourth-order valence-corrected chi connectivity index (χ4v) is 4.06. The van der Waals surface area contributed by atoms with E-state index in [4.69, 9.17) is 10.1 Å². The standard InChI is InChI=1S/C27H28N4O3S.H2/c1-27(2,3)34-26(33)31-23-17-19(35-24-11-6-5-10-21(24)25(32)29-4)13-14-20(23)22(28)15-12-18-9-7-8-16-30-18;/h5-17,28H,1-4H3,(H,29,32)(H,31,33);1H/b15-12+,28-22?;. The summed E-state index contributed by atoms with van der Waals surface area (Å²) in [5.41, 5.74) is 1.75. The van der Waals surface area contributed by atoms with Gasteiger partial charge in [0.2, 0.25) is 0 Å². The van der Waals surface area contributed by atoms with Crippen LogP contribution in [-0.2, 0) is 4.74 Å². The molecular weight excluding hydrogens is 460 g/mol. The topological polar surface area (TPSA) is 104 Å². The van der Waals surface area contributed by atoms with Crippen molar-refractivity contribution in [1.82, 2.24) is 10.3 Å². The number of nitrogens with zero attached hydrogens (tertiary/aromatic N) is 1. The van der Waals surface area contributed by atoms with Crippen LogP contribution < -0.4 is 10.6 Å². The second-order valence-electron chi connectivity index (χ2n) is 8.51. The summed E-state index contributed by atoms with van der Waals surface area (Å²) in [4.78, 5) is 30.6. The first-order valence-electron chi connectivity index (χ1n) is 11.0. The first kappa shape index (κ1) is 25.7. The molecule has 0 saturated heterocycles. The number of pyridine rings is 1. The maximum Gasteiger partial charge on any atom is 0.412 e. The third-order valence-corrected chi connectivity index (χ3v) is 5.68. The van der Waals surface area contributed by atoms with Gasteiger partial charge in [-0.1, -0.05) is 30.0 Å². The molecular formula is C27H30N4O3S. The van der Waals surface area contributed by atoms with Crippen molar-refractivity contribution in [1.29, 1.82) is 5.41 Å². The van der Waals surface area contributed by atoms with Crippen molar-refractivity contribution >= 4 is 41.2 Å². The normalized spacial score (nSPS) is 11.2. The molecule has 7 nitrogen and oxygen atoms in total. The van der Waals surface area contributed by atoms with E-state index in [1.165, 1.54) is 11.8 Å². The summed E-state index contributed by atoms with van der Waals surface area (Å²) in [6.45, 7) is 5.35. The number of allylic oxidation sites excluding steroid dienone is 1. The molecule has 35 heavy (non-hydrogen) atoms. The molecule has 0 saturated carbocycles. The van der Waals surface area contributed by atoms with Gasteiger partial charge in [-0.05, 0) is 75.4 Å². The van der Waals surface area contributed by atoms with Crippen LogP contribution in [0.15, 0.2) is 82.7 Å². The number of ether oxygens (including phenoxy) is 1. The highest BCUT2D eigenvalue weighted by molar-refractivity contribution is 7.99. The molecule has 2 amide bonds. The van der Waals surface area contributed by atoms with E-state index in [-0.39, 0.29) is 13.0 Å². The van der Waals surface area contributed by atoms with Gasteiger partial charge in [-0.25, -0.2) is 4.79 Å². The molecule has 8 heteroatoms. The number of amides is 2. The van der Waals surface area contributed by atoms with Crippen molar-refractivity contribution < 1.29 is 15.8 Å². The monoisotopic (exact) mass is 490 g/mol. The van der Waals surface area contributed by atoms with Crippen LogP contribution >= 0.6 is 11.8 Å². The Hall–Kier alpha value is -3.91. The molecule has 182 valence electrons. The van der Waals surface area contributed by atoms with Crippen LogP contribution in [0.1, 0.15) is 43.8 Å². The van der Waals surface area contributed by atoms with Gasteiger partial charge >= 0.3 is 6.09 Å². The molecule has 0 atom stereocenters. The Labute approximate surface area is 211 Å². The number of rotatable bonds is 7. The summed E-state index contributed by atoms with van der Waals surface area (Å²) >= 11 is 1.39. The van der Waals surface area contributed by atoms with Crippen LogP contribution in [0.2, 0.25) is 0 Å². The lowest BCUT2D eigenvalue weighted by molar-refractivity contribution is 0.0635. The molecule has 3 N–H and O–H groups in total. The van der Waals surface area contributed by atoms with Gasteiger partial charge in [0.05, 0.1) is 22.7 Å². The van der Waals surface area contributed by atoms with Gasteiger partial charge in [0.15, 0.2) is 0 Å². The molecule has 3 aromatic rings. The summed E-state index contributed by atoms with van der Waals surface area (Å²) in [6, 6.07) is 18.2. The molecule has 0 bridgehead atoms. The second kappa shape index (κ2) is 11.5. The lowest BCUT2D eigenvalue weighted by Gasteiger charge is -2.20. The molecule has 3 rings (SSSR count). The number of hydrogen-bond donors (Lipinski definition) is 3. The van der Waals surface area contributed by atoms with Gasteiger partial charge in [-0.2, -0.15) is 0 Å². The Kier molecular flexibility index (Phi) is 8.43. The number of aromatic nitrogens is 1. The predicted octanol–water partition coefficient (Wildman–Crippen LogP) is 6.27. The second-order valence-corrected chi connectivity index (χ2v) is 9.63. The van der Waals surface area contributed by atoms with E-state index < -0.39 is 11.7 Å². The Bertz CT molecular complexity index is 1260. The molecule has 1 heterocycles.